The molecule has 2 aliphatic rings. The number of likely N-dealkylation sites (tertiary alicyclic amines) is 1. The second-order valence-electron chi connectivity index (χ2n) is 8.82. The molecule has 1 saturated heterocycles. The average molecular weight is 572 g/mol. The predicted molar refractivity (Wildman–Crippen MR) is 143 cm³/mol. The van der Waals surface area contributed by atoms with Crippen LogP contribution >= 0.6 is 34.5 Å². The maximum absolute atomic E-state index is 12.7. The lowest BCUT2D eigenvalue weighted by Crippen LogP contribution is -2.40. The fraction of sp³-hybridized carbons (Fsp3) is 0.346. The highest BCUT2D eigenvalue weighted by atomic mass is 35.5. The number of methoxy groups -OCH3 is 1. The molecule has 2 aromatic heterocycles. The molecule has 1 atom stereocenters. The molecule has 0 spiro atoms. The first kappa shape index (κ1) is 26.2. The van der Waals surface area contributed by atoms with Crippen LogP contribution in [0.2, 0.25) is 10.0 Å². The molecule has 0 saturated carbocycles. The summed E-state index contributed by atoms with van der Waals surface area (Å²) in [5, 5.41) is 17.6. The van der Waals surface area contributed by atoms with E-state index < -0.39 is 6.10 Å². The van der Waals surface area contributed by atoms with Gasteiger partial charge in [-0.15, -0.1) is 11.3 Å². The number of nitriles is 1. The summed E-state index contributed by atoms with van der Waals surface area (Å²) in [5.74, 6) is 0.755. The monoisotopic (exact) mass is 571 g/mol. The molecule has 1 unspecified atom stereocenters. The molecule has 0 aliphatic carbocycles. The van der Waals surface area contributed by atoms with Gasteiger partial charge < -0.3 is 19.2 Å². The number of halogens is 2. The number of piperidine rings is 1. The van der Waals surface area contributed by atoms with Crippen molar-refractivity contribution in [3.8, 4) is 17.7 Å². The zero-order chi connectivity index (χ0) is 26.6. The van der Waals surface area contributed by atoms with Crippen molar-refractivity contribution in [2.45, 2.75) is 31.3 Å². The van der Waals surface area contributed by atoms with Gasteiger partial charge in [0.1, 0.15) is 5.71 Å². The van der Waals surface area contributed by atoms with Crippen molar-refractivity contribution in [1.82, 2.24) is 14.9 Å². The van der Waals surface area contributed by atoms with Crippen molar-refractivity contribution in [2.24, 2.45) is 5.16 Å². The third-order valence-corrected chi connectivity index (χ3v) is 8.06. The van der Waals surface area contributed by atoms with E-state index in [-0.39, 0.29) is 24.3 Å². The third-order valence-electron chi connectivity index (χ3n) is 6.52. The van der Waals surface area contributed by atoms with E-state index in [1.165, 1.54) is 13.3 Å². The van der Waals surface area contributed by atoms with Gasteiger partial charge in [-0.3, -0.25) is 4.79 Å². The number of aromatic nitrogens is 2. The maximum atomic E-state index is 12.7. The number of amides is 1. The molecular formula is C26H23Cl2N5O4S. The van der Waals surface area contributed by atoms with Crippen LogP contribution in [0.15, 0.2) is 41.0 Å². The topological polar surface area (TPSA) is 110 Å². The van der Waals surface area contributed by atoms with E-state index in [1.807, 2.05) is 5.38 Å². The third kappa shape index (κ3) is 5.55. The Morgan fingerprint density at radius 1 is 1.32 bits per heavy atom. The molecule has 9 nitrogen and oxygen atoms in total. The van der Waals surface area contributed by atoms with Crippen LogP contribution in [0.4, 0.5) is 0 Å². The fourth-order valence-electron chi connectivity index (χ4n) is 4.51. The number of oxime groups is 1. The molecule has 38 heavy (non-hydrogen) atoms. The normalized spacial score (nSPS) is 17.5. The van der Waals surface area contributed by atoms with E-state index in [4.69, 9.17) is 42.5 Å². The van der Waals surface area contributed by atoms with Crippen LogP contribution in [-0.2, 0) is 9.63 Å². The number of benzene rings is 1. The van der Waals surface area contributed by atoms with Gasteiger partial charge in [0.2, 0.25) is 0 Å². The number of carbonyl (C=O) groups is 1. The molecule has 196 valence electrons. The average Bonchev–Trinajstić information content (AvgIpc) is 3.62. The van der Waals surface area contributed by atoms with E-state index in [2.05, 4.69) is 16.2 Å². The van der Waals surface area contributed by atoms with Crippen molar-refractivity contribution < 1.29 is 19.1 Å². The molecule has 12 heteroatoms. The second kappa shape index (κ2) is 11.6. The Morgan fingerprint density at radius 3 is 2.89 bits per heavy atom. The van der Waals surface area contributed by atoms with Crippen LogP contribution in [0.3, 0.4) is 0 Å². The minimum atomic E-state index is -0.419. The van der Waals surface area contributed by atoms with E-state index in [0.717, 1.165) is 29.3 Å². The van der Waals surface area contributed by atoms with Gasteiger partial charge in [-0.05, 0) is 25.0 Å². The van der Waals surface area contributed by atoms with Gasteiger partial charge >= 0.3 is 0 Å². The van der Waals surface area contributed by atoms with Crippen LogP contribution in [0.1, 0.15) is 53.1 Å². The summed E-state index contributed by atoms with van der Waals surface area (Å²) in [6.45, 7) is 1.10. The first-order chi connectivity index (χ1) is 18.5. The van der Waals surface area contributed by atoms with Gasteiger partial charge in [0.25, 0.3) is 11.8 Å². The highest BCUT2D eigenvalue weighted by Crippen LogP contribution is 2.37. The van der Waals surface area contributed by atoms with Crippen molar-refractivity contribution >= 4 is 46.2 Å². The van der Waals surface area contributed by atoms with Crippen LogP contribution in [0.25, 0.3) is 0 Å². The summed E-state index contributed by atoms with van der Waals surface area (Å²) in [4.78, 5) is 29.1. The van der Waals surface area contributed by atoms with Crippen LogP contribution < -0.4 is 9.47 Å². The molecule has 4 heterocycles. The van der Waals surface area contributed by atoms with E-state index in [1.54, 1.807) is 40.5 Å². The molecule has 1 aromatic carbocycles. The van der Waals surface area contributed by atoms with Gasteiger partial charge in [0.15, 0.2) is 18.5 Å². The van der Waals surface area contributed by atoms with Crippen molar-refractivity contribution in [2.75, 3.05) is 26.8 Å². The molecule has 2 aliphatic heterocycles. The summed E-state index contributed by atoms with van der Waals surface area (Å²) >= 11 is 13.9. The number of pyridine rings is 1. The number of thiazole rings is 1. The Balaban J connectivity index is 1.15. The second-order valence-corrected chi connectivity index (χ2v) is 10.6. The molecule has 1 fully saturated rings. The number of hydrogen-bond acceptors (Lipinski definition) is 9. The van der Waals surface area contributed by atoms with Gasteiger partial charge in [0, 0.05) is 53.7 Å². The van der Waals surface area contributed by atoms with E-state index in [0.29, 0.717) is 46.4 Å². The van der Waals surface area contributed by atoms with Crippen molar-refractivity contribution in [3.63, 3.8) is 0 Å². The minimum Gasteiger partial charge on any atom is -0.491 e. The highest BCUT2D eigenvalue weighted by Gasteiger charge is 2.31. The Kier molecular flexibility index (Phi) is 7.98. The molecule has 0 radical (unpaired) electrons. The number of carbonyl (C=O) groups excluding carboxylic acids is 1. The van der Waals surface area contributed by atoms with Crippen molar-refractivity contribution in [3.05, 3.63) is 67.7 Å². The van der Waals surface area contributed by atoms with Gasteiger partial charge in [-0.2, -0.15) is 5.26 Å². The fourth-order valence-corrected chi connectivity index (χ4v) is 5.96. The Labute approximate surface area is 233 Å². The number of hydrogen-bond donors (Lipinski definition) is 0. The lowest BCUT2D eigenvalue weighted by Gasteiger charge is -2.31. The molecule has 0 N–H and O–H groups in total. The number of ether oxygens (including phenoxy) is 2. The Hall–Kier alpha value is -3.39. The quantitative estimate of drug-likeness (QED) is 0.374. The summed E-state index contributed by atoms with van der Waals surface area (Å²) in [6.07, 6.45) is 3.12. The van der Waals surface area contributed by atoms with Crippen LogP contribution in [-0.4, -0.2) is 53.3 Å². The van der Waals surface area contributed by atoms with Crippen molar-refractivity contribution in [1.29, 1.82) is 5.26 Å². The molecular weight excluding hydrogens is 549 g/mol. The molecule has 5 rings (SSSR count). The largest absolute Gasteiger partial charge is 0.491 e. The first-order valence-electron chi connectivity index (χ1n) is 11.9. The summed E-state index contributed by atoms with van der Waals surface area (Å²) in [5.41, 5.74) is 2.64. The van der Waals surface area contributed by atoms with Crippen LogP contribution in [0, 0.1) is 11.3 Å². The Bertz CT molecular complexity index is 1410. The summed E-state index contributed by atoms with van der Waals surface area (Å²) in [6, 6.07) is 8.97. The smallest absolute Gasteiger partial charge is 0.260 e. The van der Waals surface area contributed by atoms with Gasteiger partial charge in [0.05, 0.1) is 34.5 Å². The highest BCUT2D eigenvalue weighted by molar-refractivity contribution is 7.10. The minimum absolute atomic E-state index is 0.109. The first-order valence-corrected chi connectivity index (χ1v) is 13.6. The molecule has 3 aromatic rings. The maximum Gasteiger partial charge on any atom is 0.260 e. The number of rotatable bonds is 7. The van der Waals surface area contributed by atoms with Crippen LogP contribution in [0.5, 0.6) is 11.6 Å². The van der Waals surface area contributed by atoms with Gasteiger partial charge in [-0.25, -0.2) is 9.97 Å². The lowest BCUT2D eigenvalue weighted by molar-refractivity contribution is -0.134. The van der Waals surface area contributed by atoms with Gasteiger partial charge in [-0.1, -0.05) is 34.4 Å². The zero-order valence-electron chi connectivity index (χ0n) is 20.4. The molecule has 1 amide bonds. The summed E-state index contributed by atoms with van der Waals surface area (Å²) in [7, 11) is 1.49. The number of nitrogens with zero attached hydrogens (tertiary/aromatic N) is 5. The zero-order valence-corrected chi connectivity index (χ0v) is 22.7. The summed E-state index contributed by atoms with van der Waals surface area (Å²) < 4.78 is 10.8. The predicted octanol–water partition coefficient (Wildman–Crippen LogP) is 5.38. The van der Waals surface area contributed by atoms with E-state index in [9.17, 15) is 10.1 Å². The lowest BCUT2D eigenvalue weighted by atomic mass is 9.97. The SMILES string of the molecule is COc1cc(Cl)cnc1OCC(=O)N1CCC(c2nc(C3=NOC(c4c(Cl)cccc4C#N)C3)cs2)CC1. The molecule has 0 bridgehead atoms. The Morgan fingerprint density at radius 2 is 2.13 bits per heavy atom. The standard InChI is InChI=1S/C26H23Cl2N5O4S/c1-35-22-9-17(27)12-30-25(22)36-13-23(34)33-7-5-15(6-8-33)26-31-20(14-38-26)19-10-21(37-32-19)24-16(11-29)3-2-4-18(24)28/h2-4,9,12,14-15,21H,5-8,10,13H2,1H3. The van der Waals surface area contributed by atoms with E-state index >= 15 is 0 Å².